The van der Waals surface area contributed by atoms with Crippen LogP contribution in [0.3, 0.4) is 0 Å². The second-order valence-electron chi connectivity index (χ2n) is 8.11. The molecule has 0 saturated heterocycles. The first-order chi connectivity index (χ1) is 15.8. The molecule has 1 aliphatic rings. The number of aromatic nitrogens is 2. The van der Waals surface area contributed by atoms with E-state index >= 15 is 0 Å². The molecule has 0 radical (unpaired) electrons. The number of hydrogen-bond acceptors (Lipinski definition) is 5. The standard InChI is InChI=1S/C24H25N5O4/c1-14-22(15(2)28(3)27-14)17-6-4-16(5-7-17)21(26-24(33)25-13-30)12-29-11-18-8-9-19(31)10-20(18)23(29)32/h4-10,13,21,31H,11-12H2,1-3H3,(H2,25,26,30,33)/t21-/m0/s1. The number of hydrogen-bond donors (Lipinski definition) is 3. The minimum atomic E-state index is -0.653. The molecule has 0 fully saturated rings. The maximum Gasteiger partial charge on any atom is 0.321 e. The molecule has 33 heavy (non-hydrogen) atoms. The zero-order valence-electron chi connectivity index (χ0n) is 18.6. The average molecular weight is 447 g/mol. The molecule has 3 aromatic rings. The van der Waals surface area contributed by atoms with E-state index in [9.17, 15) is 19.5 Å². The Morgan fingerprint density at radius 2 is 1.94 bits per heavy atom. The van der Waals surface area contributed by atoms with Crippen LogP contribution in [0.5, 0.6) is 5.75 Å². The number of urea groups is 1. The number of nitrogens with one attached hydrogen (secondary N) is 2. The van der Waals surface area contributed by atoms with Gasteiger partial charge in [0.25, 0.3) is 5.91 Å². The van der Waals surface area contributed by atoms with Crippen LogP contribution in [0.25, 0.3) is 11.1 Å². The van der Waals surface area contributed by atoms with Crippen LogP contribution in [-0.4, -0.2) is 44.7 Å². The lowest BCUT2D eigenvalue weighted by atomic mass is 9.99. The second kappa shape index (κ2) is 8.78. The molecular formula is C24H25N5O4. The Labute approximate surface area is 191 Å². The number of carbonyl (C=O) groups is 3. The molecular weight excluding hydrogens is 422 g/mol. The van der Waals surface area contributed by atoms with Crippen LogP contribution in [0.1, 0.15) is 38.9 Å². The maximum atomic E-state index is 12.9. The van der Waals surface area contributed by atoms with Gasteiger partial charge in [-0.3, -0.25) is 19.6 Å². The highest BCUT2D eigenvalue weighted by molar-refractivity contribution is 5.98. The van der Waals surface area contributed by atoms with E-state index in [1.54, 1.807) is 17.0 Å². The zero-order valence-corrected chi connectivity index (χ0v) is 18.6. The number of benzene rings is 2. The van der Waals surface area contributed by atoms with Crippen molar-refractivity contribution in [3.05, 3.63) is 70.5 Å². The second-order valence-corrected chi connectivity index (χ2v) is 8.11. The zero-order chi connectivity index (χ0) is 23.7. The summed E-state index contributed by atoms with van der Waals surface area (Å²) in [6, 6.07) is 11.2. The summed E-state index contributed by atoms with van der Waals surface area (Å²) in [6.07, 6.45) is 0.309. The third-order valence-electron chi connectivity index (χ3n) is 5.98. The van der Waals surface area contributed by atoms with Gasteiger partial charge < -0.3 is 15.3 Å². The molecule has 9 heteroatoms. The fraction of sp³-hybridized carbons (Fsp3) is 0.250. The third-order valence-corrected chi connectivity index (χ3v) is 5.98. The molecule has 0 spiro atoms. The van der Waals surface area contributed by atoms with Crippen molar-refractivity contribution in [3.63, 3.8) is 0 Å². The first-order valence-corrected chi connectivity index (χ1v) is 10.5. The van der Waals surface area contributed by atoms with Crippen LogP contribution < -0.4 is 10.6 Å². The van der Waals surface area contributed by atoms with E-state index in [4.69, 9.17) is 0 Å². The van der Waals surface area contributed by atoms with Crippen molar-refractivity contribution >= 4 is 18.3 Å². The topological polar surface area (TPSA) is 117 Å². The van der Waals surface area contributed by atoms with Crippen LogP contribution in [0.2, 0.25) is 0 Å². The molecule has 1 atom stereocenters. The molecule has 4 rings (SSSR count). The number of phenols is 1. The summed E-state index contributed by atoms with van der Waals surface area (Å²) >= 11 is 0. The van der Waals surface area contributed by atoms with Gasteiger partial charge in [-0.2, -0.15) is 5.10 Å². The monoisotopic (exact) mass is 447 g/mol. The molecule has 1 aliphatic heterocycles. The number of aryl methyl sites for hydroxylation is 2. The Bertz CT molecular complexity index is 1230. The highest BCUT2D eigenvalue weighted by atomic mass is 16.3. The van der Waals surface area contributed by atoms with E-state index in [0.29, 0.717) is 18.5 Å². The van der Waals surface area contributed by atoms with Crippen molar-refractivity contribution in [2.24, 2.45) is 7.05 Å². The van der Waals surface area contributed by atoms with Gasteiger partial charge in [-0.1, -0.05) is 30.3 Å². The number of imide groups is 1. The van der Waals surface area contributed by atoms with Gasteiger partial charge in [-0.25, -0.2) is 4.79 Å². The van der Waals surface area contributed by atoms with E-state index in [1.165, 1.54) is 6.07 Å². The fourth-order valence-corrected chi connectivity index (χ4v) is 4.28. The number of amides is 4. The first-order valence-electron chi connectivity index (χ1n) is 10.5. The molecule has 0 saturated carbocycles. The van der Waals surface area contributed by atoms with E-state index < -0.39 is 12.1 Å². The summed E-state index contributed by atoms with van der Waals surface area (Å²) in [5, 5.41) is 19.0. The lowest BCUT2D eigenvalue weighted by molar-refractivity contribution is -0.108. The Morgan fingerprint density at radius 1 is 1.21 bits per heavy atom. The van der Waals surface area contributed by atoms with Gasteiger partial charge in [-0.05, 0) is 42.7 Å². The van der Waals surface area contributed by atoms with Crippen molar-refractivity contribution in [3.8, 4) is 16.9 Å². The summed E-state index contributed by atoms with van der Waals surface area (Å²) in [7, 11) is 1.90. The molecule has 170 valence electrons. The molecule has 2 aromatic carbocycles. The molecule has 9 nitrogen and oxygen atoms in total. The van der Waals surface area contributed by atoms with Crippen molar-refractivity contribution in [1.82, 2.24) is 25.3 Å². The SMILES string of the molecule is Cc1nn(C)c(C)c1-c1ccc([C@H](CN2Cc3ccc(O)cc3C2=O)NC(=O)NC=O)cc1. The molecule has 4 amide bonds. The van der Waals surface area contributed by atoms with E-state index in [1.807, 2.05) is 49.8 Å². The van der Waals surface area contributed by atoms with Gasteiger partial charge in [0.2, 0.25) is 6.41 Å². The summed E-state index contributed by atoms with van der Waals surface area (Å²) in [5.41, 5.74) is 6.06. The lowest BCUT2D eigenvalue weighted by Gasteiger charge is -2.25. The van der Waals surface area contributed by atoms with Crippen molar-refractivity contribution in [2.75, 3.05) is 6.54 Å². The van der Waals surface area contributed by atoms with E-state index in [0.717, 1.165) is 33.6 Å². The quantitative estimate of drug-likeness (QED) is 0.502. The lowest BCUT2D eigenvalue weighted by Crippen LogP contribution is -2.42. The minimum absolute atomic E-state index is 0.0283. The summed E-state index contributed by atoms with van der Waals surface area (Å²) in [4.78, 5) is 37.3. The summed E-state index contributed by atoms with van der Waals surface area (Å²) in [5.74, 6) is -0.192. The highest BCUT2D eigenvalue weighted by Gasteiger charge is 2.30. The number of phenolic OH excluding ortho intramolecular Hbond substituents is 1. The Balaban J connectivity index is 1.60. The van der Waals surface area contributed by atoms with Crippen LogP contribution in [0.15, 0.2) is 42.5 Å². The van der Waals surface area contributed by atoms with E-state index in [-0.39, 0.29) is 18.2 Å². The number of fused-ring (bicyclic) bond motifs is 1. The minimum Gasteiger partial charge on any atom is -0.508 e. The predicted octanol–water partition coefficient (Wildman–Crippen LogP) is 2.56. The molecule has 0 unspecified atom stereocenters. The van der Waals surface area contributed by atoms with Gasteiger partial charge in [0, 0.05) is 37.0 Å². The van der Waals surface area contributed by atoms with Gasteiger partial charge in [0.15, 0.2) is 0 Å². The highest BCUT2D eigenvalue weighted by Crippen LogP contribution is 2.30. The van der Waals surface area contributed by atoms with Gasteiger partial charge in [-0.15, -0.1) is 0 Å². The van der Waals surface area contributed by atoms with Crippen LogP contribution in [-0.2, 0) is 18.4 Å². The Morgan fingerprint density at radius 3 is 2.58 bits per heavy atom. The van der Waals surface area contributed by atoms with Crippen molar-refractivity contribution in [2.45, 2.75) is 26.4 Å². The Hall–Kier alpha value is -4.14. The molecule has 0 aliphatic carbocycles. The Kier molecular flexibility index (Phi) is 5.87. The van der Waals surface area contributed by atoms with Gasteiger partial charge >= 0.3 is 6.03 Å². The van der Waals surface area contributed by atoms with Crippen molar-refractivity contribution in [1.29, 1.82) is 0 Å². The smallest absolute Gasteiger partial charge is 0.321 e. The summed E-state index contributed by atoms with van der Waals surface area (Å²) < 4.78 is 1.83. The fourth-order valence-electron chi connectivity index (χ4n) is 4.28. The van der Waals surface area contributed by atoms with Gasteiger partial charge in [0.05, 0.1) is 11.7 Å². The first kappa shape index (κ1) is 22.1. The summed E-state index contributed by atoms with van der Waals surface area (Å²) in [6.45, 7) is 4.53. The van der Waals surface area contributed by atoms with Crippen LogP contribution >= 0.6 is 0 Å². The third kappa shape index (κ3) is 4.30. The predicted molar refractivity (Wildman–Crippen MR) is 121 cm³/mol. The molecule has 1 aromatic heterocycles. The van der Waals surface area contributed by atoms with Crippen LogP contribution in [0.4, 0.5) is 4.79 Å². The maximum absolute atomic E-state index is 12.9. The number of rotatable bonds is 6. The largest absolute Gasteiger partial charge is 0.508 e. The molecule has 0 bridgehead atoms. The molecule has 2 heterocycles. The number of carbonyl (C=O) groups excluding carboxylic acids is 3. The number of nitrogens with zero attached hydrogens (tertiary/aromatic N) is 3. The number of aromatic hydroxyl groups is 1. The average Bonchev–Trinajstić information content (AvgIpc) is 3.22. The van der Waals surface area contributed by atoms with Crippen molar-refractivity contribution < 1.29 is 19.5 Å². The van der Waals surface area contributed by atoms with Crippen LogP contribution in [0, 0.1) is 13.8 Å². The molecule has 3 N–H and O–H groups in total. The normalized spacial score (nSPS) is 13.5. The van der Waals surface area contributed by atoms with Gasteiger partial charge in [0.1, 0.15) is 5.75 Å². The van der Waals surface area contributed by atoms with E-state index in [2.05, 4.69) is 15.7 Å².